The highest BCUT2D eigenvalue weighted by Crippen LogP contribution is 2.17. The van der Waals surface area contributed by atoms with Crippen molar-refractivity contribution in [3.63, 3.8) is 0 Å². The standard InChI is InChI=1S/C17H17ClN2O2S/c1-12(21)19-15-6-8-16(9-7-15)20-17(22)11-23-10-13-2-4-14(18)5-3-13/h2-9H,10-11H2,1H3,(H,19,21)(H,20,22). The molecule has 4 nitrogen and oxygen atoms in total. The molecular weight excluding hydrogens is 332 g/mol. The van der Waals surface area contributed by atoms with Crippen LogP contribution in [0.5, 0.6) is 0 Å². The first-order valence-corrected chi connectivity index (χ1v) is 8.56. The largest absolute Gasteiger partial charge is 0.326 e. The maximum absolute atomic E-state index is 11.9. The van der Waals surface area contributed by atoms with E-state index in [0.29, 0.717) is 22.2 Å². The van der Waals surface area contributed by atoms with E-state index in [0.717, 1.165) is 11.3 Å². The fourth-order valence-corrected chi connectivity index (χ4v) is 2.79. The summed E-state index contributed by atoms with van der Waals surface area (Å²) in [5.74, 6) is 0.943. The molecule has 0 aliphatic carbocycles. The second-order valence-corrected chi connectivity index (χ2v) is 6.35. The number of amides is 2. The van der Waals surface area contributed by atoms with Gasteiger partial charge in [-0.3, -0.25) is 9.59 Å². The van der Waals surface area contributed by atoms with E-state index < -0.39 is 0 Å². The summed E-state index contributed by atoms with van der Waals surface area (Å²) >= 11 is 7.37. The molecule has 0 unspecified atom stereocenters. The van der Waals surface area contributed by atoms with E-state index in [1.54, 1.807) is 24.3 Å². The minimum absolute atomic E-state index is 0.0590. The lowest BCUT2D eigenvalue weighted by atomic mass is 10.2. The molecule has 0 heterocycles. The highest BCUT2D eigenvalue weighted by molar-refractivity contribution is 7.99. The van der Waals surface area contributed by atoms with Crippen LogP contribution >= 0.6 is 23.4 Å². The normalized spacial score (nSPS) is 10.2. The Morgan fingerprint density at radius 3 is 2.09 bits per heavy atom. The van der Waals surface area contributed by atoms with Gasteiger partial charge in [-0.05, 0) is 42.0 Å². The Hall–Kier alpha value is -1.98. The van der Waals surface area contributed by atoms with Gasteiger partial charge in [-0.1, -0.05) is 23.7 Å². The Bertz CT molecular complexity index is 672. The minimum Gasteiger partial charge on any atom is -0.326 e. The number of benzene rings is 2. The molecule has 0 radical (unpaired) electrons. The zero-order valence-corrected chi connectivity index (χ0v) is 14.2. The van der Waals surface area contributed by atoms with E-state index in [-0.39, 0.29) is 11.8 Å². The second-order valence-electron chi connectivity index (χ2n) is 4.93. The molecule has 0 aliphatic rings. The smallest absolute Gasteiger partial charge is 0.234 e. The number of thioether (sulfide) groups is 1. The Balaban J connectivity index is 1.76. The van der Waals surface area contributed by atoms with Crippen molar-refractivity contribution in [1.82, 2.24) is 0 Å². The molecule has 0 bridgehead atoms. The summed E-state index contributed by atoms with van der Waals surface area (Å²) in [6.45, 7) is 1.45. The van der Waals surface area contributed by atoms with Crippen molar-refractivity contribution >= 4 is 46.6 Å². The van der Waals surface area contributed by atoms with Crippen molar-refractivity contribution in [3.05, 3.63) is 59.1 Å². The quantitative estimate of drug-likeness (QED) is 0.823. The van der Waals surface area contributed by atoms with Crippen molar-refractivity contribution in [2.75, 3.05) is 16.4 Å². The number of hydrogen-bond acceptors (Lipinski definition) is 3. The third-order valence-electron chi connectivity index (χ3n) is 2.90. The molecule has 2 aromatic rings. The molecule has 0 atom stereocenters. The first-order valence-electron chi connectivity index (χ1n) is 7.02. The predicted molar refractivity (Wildman–Crippen MR) is 97.0 cm³/mol. The van der Waals surface area contributed by atoms with Gasteiger partial charge in [-0.25, -0.2) is 0 Å². The van der Waals surface area contributed by atoms with Crippen LogP contribution in [-0.2, 0) is 15.3 Å². The summed E-state index contributed by atoms with van der Waals surface area (Å²) in [6, 6.07) is 14.6. The van der Waals surface area contributed by atoms with Gasteiger partial charge in [0.2, 0.25) is 11.8 Å². The molecule has 0 saturated heterocycles. The van der Waals surface area contributed by atoms with Crippen molar-refractivity contribution in [2.45, 2.75) is 12.7 Å². The van der Waals surface area contributed by atoms with Crippen LogP contribution in [-0.4, -0.2) is 17.6 Å². The molecule has 0 saturated carbocycles. The number of halogens is 1. The van der Waals surface area contributed by atoms with Gasteiger partial charge in [-0.15, -0.1) is 11.8 Å². The van der Waals surface area contributed by atoms with E-state index in [1.165, 1.54) is 18.7 Å². The molecule has 6 heteroatoms. The molecule has 0 aromatic heterocycles. The molecule has 120 valence electrons. The van der Waals surface area contributed by atoms with E-state index in [2.05, 4.69) is 10.6 Å². The summed E-state index contributed by atoms with van der Waals surface area (Å²) in [4.78, 5) is 22.8. The first-order chi connectivity index (χ1) is 11.0. The summed E-state index contributed by atoms with van der Waals surface area (Å²) in [5.41, 5.74) is 2.54. The van der Waals surface area contributed by atoms with Crippen LogP contribution in [0.25, 0.3) is 0 Å². The molecule has 23 heavy (non-hydrogen) atoms. The van der Waals surface area contributed by atoms with Gasteiger partial charge in [0.25, 0.3) is 0 Å². The van der Waals surface area contributed by atoms with Crippen LogP contribution in [0.2, 0.25) is 5.02 Å². The van der Waals surface area contributed by atoms with Gasteiger partial charge in [-0.2, -0.15) is 0 Å². The van der Waals surface area contributed by atoms with Gasteiger partial charge >= 0.3 is 0 Å². The van der Waals surface area contributed by atoms with Gasteiger partial charge in [0.1, 0.15) is 0 Å². The van der Waals surface area contributed by atoms with Gasteiger partial charge in [0.05, 0.1) is 5.75 Å². The molecule has 0 fully saturated rings. The Kier molecular flexibility index (Phi) is 6.50. The third-order valence-corrected chi connectivity index (χ3v) is 4.16. The summed E-state index contributed by atoms with van der Waals surface area (Å²) in [7, 11) is 0. The number of anilines is 2. The Morgan fingerprint density at radius 1 is 0.957 bits per heavy atom. The highest BCUT2D eigenvalue weighted by Gasteiger charge is 2.04. The molecule has 2 N–H and O–H groups in total. The average molecular weight is 349 g/mol. The number of hydrogen-bond donors (Lipinski definition) is 2. The zero-order chi connectivity index (χ0) is 16.7. The van der Waals surface area contributed by atoms with Crippen molar-refractivity contribution in [1.29, 1.82) is 0 Å². The fraction of sp³-hybridized carbons (Fsp3) is 0.176. The van der Waals surface area contributed by atoms with E-state index in [9.17, 15) is 9.59 Å². The fourth-order valence-electron chi connectivity index (χ4n) is 1.88. The molecule has 2 amide bonds. The van der Waals surface area contributed by atoms with Crippen molar-refractivity contribution < 1.29 is 9.59 Å². The number of nitrogens with one attached hydrogen (secondary N) is 2. The Morgan fingerprint density at radius 2 is 1.52 bits per heavy atom. The highest BCUT2D eigenvalue weighted by atomic mass is 35.5. The monoisotopic (exact) mass is 348 g/mol. The summed E-state index contributed by atoms with van der Waals surface area (Å²) in [6.07, 6.45) is 0. The van der Waals surface area contributed by atoms with Gasteiger partial charge in [0, 0.05) is 29.1 Å². The summed E-state index contributed by atoms with van der Waals surface area (Å²) in [5, 5.41) is 6.21. The topological polar surface area (TPSA) is 58.2 Å². The lowest BCUT2D eigenvalue weighted by Crippen LogP contribution is -2.14. The van der Waals surface area contributed by atoms with Gasteiger partial charge in [0.15, 0.2) is 0 Å². The van der Waals surface area contributed by atoms with Crippen LogP contribution in [0.4, 0.5) is 11.4 Å². The second kappa shape index (κ2) is 8.60. The van der Waals surface area contributed by atoms with Crippen LogP contribution in [0, 0.1) is 0 Å². The van der Waals surface area contributed by atoms with Crippen molar-refractivity contribution in [3.8, 4) is 0 Å². The van der Waals surface area contributed by atoms with Crippen LogP contribution < -0.4 is 10.6 Å². The van der Waals surface area contributed by atoms with E-state index in [4.69, 9.17) is 11.6 Å². The minimum atomic E-state index is -0.125. The van der Waals surface area contributed by atoms with Crippen LogP contribution in [0.1, 0.15) is 12.5 Å². The lowest BCUT2D eigenvalue weighted by molar-refractivity contribution is -0.114. The number of rotatable bonds is 6. The molecule has 0 spiro atoms. The molecule has 0 aliphatic heterocycles. The van der Waals surface area contributed by atoms with E-state index in [1.807, 2.05) is 24.3 Å². The maximum Gasteiger partial charge on any atom is 0.234 e. The maximum atomic E-state index is 11.9. The molecule has 2 aromatic carbocycles. The SMILES string of the molecule is CC(=O)Nc1ccc(NC(=O)CSCc2ccc(Cl)cc2)cc1. The first kappa shape index (κ1) is 17.4. The molecule has 2 rings (SSSR count). The van der Waals surface area contributed by atoms with E-state index >= 15 is 0 Å². The number of carbonyl (C=O) groups excluding carboxylic acids is 2. The summed E-state index contributed by atoms with van der Waals surface area (Å²) < 4.78 is 0. The van der Waals surface area contributed by atoms with Crippen LogP contribution in [0.3, 0.4) is 0 Å². The predicted octanol–water partition coefficient (Wildman–Crippen LogP) is 4.17. The van der Waals surface area contributed by atoms with Crippen LogP contribution in [0.15, 0.2) is 48.5 Å². The Labute approximate surface area is 144 Å². The lowest BCUT2D eigenvalue weighted by Gasteiger charge is -2.07. The average Bonchev–Trinajstić information content (AvgIpc) is 2.51. The zero-order valence-electron chi connectivity index (χ0n) is 12.6. The third kappa shape index (κ3) is 6.34. The molecular formula is C17H17ClN2O2S. The van der Waals surface area contributed by atoms with Gasteiger partial charge < -0.3 is 10.6 Å². The van der Waals surface area contributed by atoms with Crippen molar-refractivity contribution in [2.24, 2.45) is 0 Å². The number of carbonyl (C=O) groups is 2.